The van der Waals surface area contributed by atoms with Crippen LogP contribution in [0.25, 0.3) is 10.8 Å². The highest BCUT2D eigenvalue weighted by atomic mass is 127. The van der Waals surface area contributed by atoms with Gasteiger partial charge in [-0.05, 0) is 37.6 Å². The number of aromatic nitrogens is 1. The molecule has 0 aliphatic carbocycles. The second-order valence-electron chi connectivity index (χ2n) is 6.70. The third-order valence-corrected chi connectivity index (χ3v) is 5.46. The van der Waals surface area contributed by atoms with E-state index < -0.39 is 0 Å². The molecule has 1 aliphatic rings. The minimum absolute atomic E-state index is 0. The molecule has 9 heteroatoms. The maximum atomic E-state index is 5.95. The summed E-state index contributed by atoms with van der Waals surface area (Å²) in [5, 5.41) is 5.41. The summed E-state index contributed by atoms with van der Waals surface area (Å²) in [6.45, 7) is 6.85. The van der Waals surface area contributed by atoms with Crippen molar-refractivity contribution in [2.75, 3.05) is 40.0 Å². The lowest BCUT2D eigenvalue weighted by molar-refractivity contribution is 0.00990. The highest BCUT2D eigenvalue weighted by molar-refractivity contribution is 14.0. The summed E-state index contributed by atoms with van der Waals surface area (Å²) < 4.78 is 16.6. The number of piperidine rings is 1. The van der Waals surface area contributed by atoms with Crippen molar-refractivity contribution in [1.29, 1.82) is 0 Å². The maximum Gasteiger partial charge on any atom is 0.236 e. The quantitative estimate of drug-likeness (QED) is 0.227. The molecule has 3 rings (SSSR count). The first-order chi connectivity index (χ1) is 13.8. The van der Waals surface area contributed by atoms with Gasteiger partial charge in [0, 0.05) is 40.0 Å². The van der Waals surface area contributed by atoms with Gasteiger partial charge < -0.3 is 24.1 Å². The normalized spacial score (nSPS) is 15.4. The highest BCUT2D eigenvalue weighted by Crippen LogP contribution is 2.23. The van der Waals surface area contributed by atoms with Crippen molar-refractivity contribution in [2.24, 2.45) is 4.99 Å². The zero-order valence-corrected chi connectivity index (χ0v) is 20.3. The average molecular weight is 534 g/mol. The third kappa shape index (κ3) is 7.54. The van der Waals surface area contributed by atoms with Crippen molar-refractivity contribution >= 4 is 41.3 Å². The van der Waals surface area contributed by atoms with E-state index in [0.29, 0.717) is 18.5 Å². The van der Waals surface area contributed by atoms with E-state index in [1.54, 1.807) is 24.7 Å². The topological polar surface area (TPSA) is 72.1 Å². The number of thiophene rings is 1. The van der Waals surface area contributed by atoms with Crippen LogP contribution in [0.15, 0.2) is 33.2 Å². The molecule has 1 aliphatic heterocycles. The molecule has 0 unspecified atom stereocenters. The van der Waals surface area contributed by atoms with E-state index in [4.69, 9.17) is 18.9 Å². The summed E-state index contributed by atoms with van der Waals surface area (Å²) in [5.41, 5.74) is 0.843. The Morgan fingerprint density at radius 3 is 2.90 bits per heavy atom. The summed E-state index contributed by atoms with van der Waals surface area (Å²) in [7, 11) is 1.72. The number of likely N-dealkylation sites (tertiary alicyclic amines) is 1. The van der Waals surface area contributed by atoms with E-state index >= 15 is 0 Å². The van der Waals surface area contributed by atoms with E-state index in [0.717, 1.165) is 68.6 Å². The van der Waals surface area contributed by atoms with Gasteiger partial charge in [-0.2, -0.15) is 0 Å². The molecule has 0 aromatic carbocycles. The van der Waals surface area contributed by atoms with Gasteiger partial charge in [-0.3, -0.25) is 0 Å². The maximum absolute atomic E-state index is 5.95. The summed E-state index contributed by atoms with van der Waals surface area (Å²) >= 11 is 1.62. The van der Waals surface area contributed by atoms with Crippen molar-refractivity contribution in [3.63, 3.8) is 0 Å². The van der Waals surface area contributed by atoms with Crippen LogP contribution < -0.4 is 5.32 Å². The van der Waals surface area contributed by atoms with Gasteiger partial charge in [0.1, 0.15) is 12.0 Å². The van der Waals surface area contributed by atoms with Crippen molar-refractivity contribution < 1.29 is 13.9 Å². The Kier molecular flexibility index (Phi) is 11.0. The van der Waals surface area contributed by atoms with Gasteiger partial charge in [0.15, 0.2) is 5.96 Å². The number of hydrogen-bond donors (Lipinski definition) is 1. The predicted octanol–water partition coefficient (Wildman–Crippen LogP) is 4.00. The van der Waals surface area contributed by atoms with Gasteiger partial charge in [-0.15, -0.1) is 35.3 Å². The van der Waals surface area contributed by atoms with E-state index in [1.807, 2.05) is 17.5 Å². The fourth-order valence-corrected chi connectivity index (χ4v) is 3.82. The van der Waals surface area contributed by atoms with Crippen LogP contribution in [0.5, 0.6) is 0 Å². The Morgan fingerprint density at radius 1 is 1.38 bits per heavy atom. The molecule has 0 amide bonds. The van der Waals surface area contributed by atoms with E-state index in [1.165, 1.54) is 0 Å². The molecular weight excluding hydrogens is 503 g/mol. The zero-order chi connectivity index (χ0) is 19.6. The van der Waals surface area contributed by atoms with Crippen LogP contribution in [-0.2, 0) is 16.0 Å². The Balaban J connectivity index is 0.00000300. The Bertz CT molecular complexity index is 715. The standard InChI is InChI=1S/C20H30N4O3S.HI/c1-3-21-20(24-9-7-17(8-10-24)26-12-5-11-25-2)22-14-16-15-27-19(23-16)18-6-4-13-28-18;/h4,6,13,15,17H,3,5,7-12,14H2,1-2H3,(H,21,22);1H. The zero-order valence-electron chi connectivity index (χ0n) is 17.1. The van der Waals surface area contributed by atoms with Crippen molar-refractivity contribution in [1.82, 2.24) is 15.2 Å². The Morgan fingerprint density at radius 2 is 2.21 bits per heavy atom. The average Bonchev–Trinajstić information content (AvgIpc) is 3.41. The second-order valence-corrected chi connectivity index (χ2v) is 7.64. The number of hydrogen-bond acceptors (Lipinski definition) is 6. The van der Waals surface area contributed by atoms with Crippen LogP contribution in [0.2, 0.25) is 0 Å². The Hall–Kier alpha value is -1.17. The fraction of sp³-hybridized carbons (Fsp3) is 0.600. The largest absolute Gasteiger partial charge is 0.443 e. The molecule has 1 fully saturated rings. The number of nitrogens with zero attached hydrogens (tertiary/aromatic N) is 3. The number of ether oxygens (including phenoxy) is 2. The molecule has 1 saturated heterocycles. The molecule has 0 bridgehead atoms. The van der Waals surface area contributed by atoms with Crippen LogP contribution in [0.1, 0.15) is 31.9 Å². The molecule has 3 heterocycles. The second kappa shape index (κ2) is 13.2. The number of methoxy groups -OCH3 is 1. The van der Waals surface area contributed by atoms with Crippen LogP contribution in [0.4, 0.5) is 0 Å². The molecule has 2 aromatic rings. The van der Waals surface area contributed by atoms with E-state index in [-0.39, 0.29) is 24.0 Å². The van der Waals surface area contributed by atoms with Gasteiger partial charge in [-0.25, -0.2) is 9.98 Å². The lowest BCUT2D eigenvalue weighted by atomic mass is 10.1. The lowest BCUT2D eigenvalue weighted by Gasteiger charge is -2.34. The SMILES string of the molecule is CCNC(=NCc1coc(-c2cccs2)n1)N1CCC(OCCCOC)CC1.I. The smallest absolute Gasteiger partial charge is 0.236 e. The summed E-state index contributed by atoms with van der Waals surface area (Å²) in [5.74, 6) is 1.60. The molecule has 0 spiro atoms. The fourth-order valence-electron chi connectivity index (χ4n) is 3.16. The number of rotatable bonds is 9. The monoisotopic (exact) mass is 534 g/mol. The van der Waals surface area contributed by atoms with Crippen LogP contribution in [0.3, 0.4) is 0 Å². The van der Waals surface area contributed by atoms with E-state index in [9.17, 15) is 0 Å². The number of aliphatic imine (C=N–C) groups is 1. The van der Waals surface area contributed by atoms with Gasteiger partial charge in [0.25, 0.3) is 0 Å². The molecule has 0 atom stereocenters. The highest BCUT2D eigenvalue weighted by Gasteiger charge is 2.22. The molecule has 2 aromatic heterocycles. The number of nitrogens with one attached hydrogen (secondary N) is 1. The van der Waals surface area contributed by atoms with Gasteiger partial charge in [0.05, 0.1) is 17.5 Å². The van der Waals surface area contributed by atoms with Crippen LogP contribution in [-0.4, -0.2) is 61.9 Å². The molecule has 7 nitrogen and oxygen atoms in total. The molecular formula is C20H31IN4O3S. The molecule has 162 valence electrons. The van der Waals surface area contributed by atoms with Gasteiger partial charge in [-0.1, -0.05) is 6.07 Å². The predicted molar refractivity (Wildman–Crippen MR) is 127 cm³/mol. The first-order valence-corrected chi connectivity index (χ1v) is 10.8. The molecule has 0 saturated carbocycles. The third-order valence-electron chi connectivity index (χ3n) is 4.60. The van der Waals surface area contributed by atoms with Crippen molar-refractivity contribution in [2.45, 2.75) is 38.8 Å². The number of halogens is 1. The summed E-state index contributed by atoms with van der Waals surface area (Å²) in [6, 6.07) is 4.01. The Labute approximate surface area is 193 Å². The van der Waals surface area contributed by atoms with Crippen LogP contribution in [0, 0.1) is 0 Å². The van der Waals surface area contributed by atoms with Crippen molar-refractivity contribution in [3.05, 3.63) is 29.5 Å². The molecule has 0 radical (unpaired) electrons. The number of guanidine groups is 1. The summed E-state index contributed by atoms with van der Waals surface area (Å²) in [4.78, 5) is 12.7. The van der Waals surface area contributed by atoms with Gasteiger partial charge in [0.2, 0.25) is 5.89 Å². The lowest BCUT2D eigenvalue weighted by Crippen LogP contribution is -2.47. The molecule has 1 N–H and O–H groups in total. The first-order valence-electron chi connectivity index (χ1n) is 9.92. The van der Waals surface area contributed by atoms with Crippen molar-refractivity contribution in [3.8, 4) is 10.8 Å². The molecule has 29 heavy (non-hydrogen) atoms. The minimum Gasteiger partial charge on any atom is -0.443 e. The summed E-state index contributed by atoms with van der Waals surface area (Å²) in [6.07, 6.45) is 5.02. The van der Waals surface area contributed by atoms with Gasteiger partial charge >= 0.3 is 0 Å². The minimum atomic E-state index is 0. The van der Waals surface area contributed by atoms with E-state index in [2.05, 4.69) is 22.1 Å². The number of oxazole rings is 1. The van der Waals surface area contributed by atoms with Crippen LogP contribution >= 0.6 is 35.3 Å². The first kappa shape index (κ1) is 24.1.